The fourth-order valence-electron chi connectivity index (χ4n) is 3.63. The molecule has 1 rings (SSSR count). The molecule has 3 nitrogen and oxygen atoms in total. The zero-order valence-electron chi connectivity index (χ0n) is 14.0. The fourth-order valence-corrected chi connectivity index (χ4v) is 3.63. The first-order chi connectivity index (χ1) is 9.65. The van der Waals surface area contributed by atoms with Gasteiger partial charge in [-0.1, -0.05) is 33.6 Å². The van der Waals surface area contributed by atoms with Crippen molar-refractivity contribution in [1.82, 2.24) is 10.2 Å². The van der Waals surface area contributed by atoms with Gasteiger partial charge in [-0.3, -0.25) is 4.90 Å². The summed E-state index contributed by atoms with van der Waals surface area (Å²) in [6.45, 7) is 11.9. The van der Waals surface area contributed by atoms with Crippen molar-refractivity contribution >= 4 is 0 Å². The van der Waals surface area contributed by atoms with E-state index in [0.29, 0.717) is 18.1 Å². The molecule has 1 aliphatic heterocycles. The van der Waals surface area contributed by atoms with E-state index in [1.54, 1.807) is 0 Å². The van der Waals surface area contributed by atoms with Gasteiger partial charge in [0, 0.05) is 25.7 Å². The van der Waals surface area contributed by atoms with E-state index in [2.05, 4.69) is 31.0 Å². The molecule has 0 radical (unpaired) electrons. The first-order valence-electron chi connectivity index (χ1n) is 8.71. The van der Waals surface area contributed by atoms with Crippen molar-refractivity contribution in [1.29, 1.82) is 0 Å². The van der Waals surface area contributed by atoms with Gasteiger partial charge in [-0.25, -0.2) is 0 Å². The predicted octanol–water partition coefficient (Wildman–Crippen LogP) is 3.03. The lowest BCUT2D eigenvalue weighted by atomic mass is 9.83. The maximum Gasteiger partial charge on any atom is 0.0445 e. The van der Waals surface area contributed by atoms with E-state index in [1.165, 1.54) is 51.6 Å². The molecule has 0 aliphatic carbocycles. The number of rotatable bonds is 10. The van der Waals surface area contributed by atoms with Crippen LogP contribution in [0.25, 0.3) is 0 Å². The van der Waals surface area contributed by atoms with Gasteiger partial charge in [0.2, 0.25) is 0 Å². The normalized spacial score (nSPS) is 23.7. The number of nitrogens with zero attached hydrogens (tertiary/aromatic N) is 1. The second-order valence-electron chi connectivity index (χ2n) is 6.87. The highest BCUT2D eigenvalue weighted by molar-refractivity contribution is 4.85. The number of hydrogen-bond acceptors (Lipinski definition) is 3. The Morgan fingerprint density at radius 3 is 2.70 bits per heavy atom. The molecule has 2 unspecified atom stereocenters. The van der Waals surface area contributed by atoms with Crippen LogP contribution in [0.1, 0.15) is 65.7 Å². The van der Waals surface area contributed by atoms with Crippen LogP contribution in [0.2, 0.25) is 0 Å². The van der Waals surface area contributed by atoms with Gasteiger partial charge in [0.1, 0.15) is 0 Å². The Kier molecular flexibility index (Phi) is 8.74. The monoisotopic (exact) mass is 284 g/mol. The second kappa shape index (κ2) is 9.75. The molecule has 1 fully saturated rings. The minimum atomic E-state index is 0.333. The van der Waals surface area contributed by atoms with Gasteiger partial charge in [0.25, 0.3) is 0 Å². The Morgan fingerprint density at radius 2 is 2.05 bits per heavy atom. The van der Waals surface area contributed by atoms with Crippen LogP contribution in [-0.2, 0) is 0 Å². The molecule has 0 saturated carbocycles. The van der Waals surface area contributed by atoms with Crippen molar-refractivity contribution in [3.05, 3.63) is 0 Å². The van der Waals surface area contributed by atoms with Crippen LogP contribution in [0.3, 0.4) is 0 Å². The van der Waals surface area contributed by atoms with E-state index < -0.39 is 0 Å². The first kappa shape index (κ1) is 17.9. The molecule has 20 heavy (non-hydrogen) atoms. The van der Waals surface area contributed by atoms with Crippen molar-refractivity contribution < 1.29 is 5.11 Å². The van der Waals surface area contributed by atoms with Crippen LogP contribution in [0, 0.1) is 5.41 Å². The van der Waals surface area contributed by atoms with Crippen molar-refractivity contribution in [2.45, 2.75) is 71.8 Å². The van der Waals surface area contributed by atoms with E-state index in [0.717, 1.165) is 19.5 Å². The summed E-state index contributed by atoms with van der Waals surface area (Å²) < 4.78 is 0. The van der Waals surface area contributed by atoms with E-state index in [1.807, 2.05) is 0 Å². The van der Waals surface area contributed by atoms with Gasteiger partial charge in [-0.15, -0.1) is 0 Å². The lowest BCUT2D eigenvalue weighted by Crippen LogP contribution is -2.48. The third-order valence-electron chi connectivity index (χ3n) is 4.63. The molecule has 1 aliphatic rings. The lowest BCUT2D eigenvalue weighted by Gasteiger charge is -2.42. The molecule has 2 atom stereocenters. The third-order valence-corrected chi connectivity index (χ3v) is 4.63. The van der Waals surface area contributed by atoms with Gasteiger partial charge in [-0.2, -0.15) is 0 Å². The Morgan fingerprint density at radius 1 is 1.25 bits per heavy atom. The number of piperidine rings is 1. The zero-order chi connectivity index (χ0) is 14.8. The number of likely N-dealkylation sites (tertiary alicyclic amines) is 1. The summed E-state index contributed by atoms with van der Waals surface area (Å²) >= 11 is 0. The van der Waals surface area contributed by atoms with Crippen molar-refractivity contribution in [3.8, 4) is 0 Å². The highest BCUT2D eigenvalue weighted by atomic mass is 16.3. The van der Waals surface area contributed by atoms with Gasteiger partial charge in [0.15, 0.2) is 0 Å². The number of nitrogens with one attached hydrogen (secondary N) is 1. The minimum absolute atomic E-state index is 0.333. The molecule has 0 aromatic heterocycles. The molecule has 1 saturated heterocycles. The molecule has 120 valence electrons. The predicted molar refractivity (Wildman–Crippen MR) is 87.1 cm³/mol. The number of hydrogen-bond donors (Lipinski definition) is 2. The Bertz CT molecular complexity index is 245. The molecular weight excluding hydrogens is 248 g/mol. The minimum Gasteiger partial charge on any atom is -0.396 e. The SMILES string of the molecule is CCCNCC(C)(CCC)CN1CCCCC1CCO. The summed E-state index contributed by atoms with van der Waals surface area (Å²) in [4.78, 5) is 2.66. The largest absolute Gasteiger partial charge is 0.396 e. The van der Waals surface area contributed by atoms with E-state index >= 15 is 0 Å². The van der Waals surface area contributed by atoms with Gasteiger partial charge in [0.05, 0.1) is 0 Å². The summed E-state index contributed by atoms with van der Waals surface area (Å²) in [5.41, 5.74) is 0.370. The molecule has 0 aromatic carbocycles. The highest BCUT2D eigenvalue weighted by Crippen LogP contribution is 2.28. The van der Waals surface area contributed by atoms with Crippen LogP contribution >= 0.6 is 0 Å². The molecule has 0 aromatic rings. The maximum absolute atomic E-state index is 9.27. The average Bonchev–Trinajstić information content (AvgIpc) is 2.42. The first-order valence-corrected chi connectivity index (χ1v) is 8.71. The molecule has 1 heterocycles. The topological polar surface area (TPSA) is 35.5 Å². The molecule has 0 bridgehead atoms. The van der Waals surface area contributed by atoms with Gasteiger partial charge >= 0.3 is 0 Å². The van der Waals surface area contributed by atoms with E-state index in [9.17, 15) is 5.11 Å². The average molecular weight is 284 g/mol. The van der Waals surface area contributed by atoms with E-state index in [4.69, 9.17) is 0 Å². The van der Waals surface area contributed by atoms with Crippen molar-refractivity contribution in [3.63, 3.8) is 0 Å². The van der Waals surface area contributed by atoms with Crippen LogP contribution in [0.15, 0.2) is 0 Å². The fraction of sp³-hybridized carbons (Fsp3) is 1.00. The second-order valence-corrected chi connectivity index (χ2v) is 6.87. The summed E-state index contributed by atoms with van der Waals surface area (Å²) in [7, 11) is 0. The highest BCUT2D eigenvalue weighted by Gasteiger charge is 2.30. The molecular formula is C17H36N2O. The molecule has 3 heteroatoms. The van der Waals surface area contributed by atoms with Crippen LogP contribution in [-0.4, -0.2) is 48.8 Å². The van der Waals surface area contributed by atoms with Crippen LogP contribution < -0.4 is 5.32 Å². The Labute approximate surface area is 126 Å². The van der Waals surface area contributed by atoms with E-state index in [-0.39, 0.29) is 0 Å². The zero-order valence-corrected chi connectivity index (χ0v) is 14.0. The van der Waals surface area contributed by atoms with Gasteiger partial charge < -0.3 is 10.4 Å². The standard InChI is InChI=1S/C17H36N2O/c1-4-10-17(3,14-18-11-5-2)15-19-12-7-6-8-16(19)9-13-20/h16,18,20H,4-15H2,1-3H3. The van der Waals surface area contributed by atoms with Crippen molar-refractivity contribution in [2.75, 3.05) is 32.8 Å². The van der Waals surface area contributed by atoms with Gasteiger partial charge in [-0.05, 0) is 50.6 Å². The smallest absolute Gasteiger partial charge is 0.0445 e. The molecule has 0 amide bonds. The lowest BCUT2D eigenvalue weighted by molar-refractivity contribution is 0.0676. The summed E-state index contributed by atoms with van der Waals surface area (Å²) in [5, 5.41) is 12.9. The molecule has 2 N–H and O–H groups in total. The number of aliphatic hydroxyl groups excluding tert-OH is 1. The number of aliphatic hydroxyl groups is 1. The van der Waals surface area contributed by atoms with Crippen LogP contribution in [0.4, 0.5) is 0 Å². The van der Waals surface area contributed by atoms with Crippen LogP contribution in [0.5, 0.6) is 0 Å². The Balaban J connectivity index is 2.56. The molecule has 0 spiro atoms. The Hall–Kier alpha value is -0.120. The summed E-state index contributed by atoms with van der Waals surface area (Å²) in [5.74, 6) is 0. The quantitative estimate of drug-likeness (QED) is 0.605. The maximum atomic E-state index is 9.27. The summed E-state index contributed by atoms with van der Waals surface area (Å²) in [6, 6.07) is 0.608. The van der Waals surface area contributed by atoms with Crippen molar-refractivity contribution in [2.24, 2.45) is 5.41 Å². The third kappa shape index (κ3) is 6.11. The summed E-state index contributed by atoms with van der Waals surface area (Å²) in [6.07, 6.45) is 8.62.